The normalized spacial score (nSPS) is 27.2. The molecular weight excluding hydrogens is 312 g/mol. The van der Waals surface area contributed by atoms with Crippen molar-refractivity contribution in [1.29, 1.82) is 0 Å². The number of unbranched alkanes of at least 4 members (excludes halogenated alkanes) is 2. The van der Waals surface area contributed by atoms with Crippen LogP contribution in [-0.4, -0.2) is 47.6 Å². The van der Waals surface area contributed by atoms with Gasteiger partial charge in [-0.15, -0.1) is 0 Å². The lowest BCUT2D eigenvalue weighted by atomic mass is 10.0. The van der Waals surface area contributed by atoms with Gasteiger partial charge in [-0.2, -0.15) is 11.8 Å². The first kappa shape index (κ1) is 18.4. The van der Waals surface area contributed by atoms with Gasteiger partial charge in [0.2, 0.25) is 5.91 Å². The Balaban J connectivity index is 1.47. The molecule has 0 spiro atoms. The number of thioether (sulfide) groups is 1. The summed E-state index contributed by atoms with van der Waals surface area (Å²) in [7, 11) is 0. The summed E-state index contributed by atoms with van der Waals surface area (Å²) in [5, 5.41) is 9.42. The topological polar surface area (TPSA) is 96.2 Å². The van der Waals surface area contributed by atoms with Crippen LogP contribution < -0.4 is 21.7 Å². The van der Waals surface area contributed by atoms with Gasteiger partial charge in [0.25, 0.3) is 0 Å². The van der Waals surface area contributed by atoms with Crippen molar-refractivity contribution in [2.45, 2.75) is 75.2 Å². The fraction of sp³-hybridized carbons (Fsp3) is 0.875. The number of nitrogens with one attached hydrogen (secondary N) is 3. The van der Waals surface area contributed by atoms with Crippen LogP contribution in [0.15, 0.2) is 0 Å². The second-order valence-electron chi connectivity index (χ2n) is 6.69. The number of hydrogen-bond donors (Lipinski definition) is 4. The van der Waals surface area contributed by atoms with Crippen LogP contribution >= 0.6 is 11.8 Å². The maximum absolute atomic E-state index is 11.8. The molecule has 0 aliphatic carbocycles. The number of fused-ring (bicyclic) bond motifs is 1. The van der Waals surface area contributed by atoms with Crippen molar-refractivity contribution in [3.8, 4) is 0 Å². The van der Waals surface area contributed by atoms with Crippen LogP contribution in [0.5, 0.6) is 0 Å². The quantitative estimate of drug-likeness (QED) is 0.356. The molecule has 2 fully saturated rings. The first-order chi connectivity index (χ1) is 11.1. The molecule has 2 saturated heterocycles. The summed E-state index contributed by atoms with van der Waals surface area (Å²) >= 11 is 1.93. The van der Waals surface area contributed by atoms with Gasteiger partial charge in [0, 0.05) is 30.0 Å². The minimum atomic E-state index is -0.0336. The highest BCUT2D eigenvalue weighted by molar-refractivity contribution is 8.00. The lowest BCUT2D eigenvalue weighted by Crippen LogP contribution is -2.36. The minimum Gasteiger partial charge on any atom is -0.356 e. The van der Waals surface area contributed by atoms with Gasteiger partial charge >= 0.3 is 6.03 Å². The number of amides is 3. The van der Waals surface area contributed by atoms with E-state index in [9.17, 15) is 9.59 Å². The number of urea groups is 1. The van der Waals surface area contributed by atoms with E-state index in [1.807, 2.05) is 18.7 Å². The highest BCUT2D eigenvalue weighted by atomic mass is 32.2. The van der Waals surface area contributed by atoms with Crippen LogP contribution in [0.4, 0.5) is 4.79 Å². The average molecular weight is 343 g/mol. The number of carbonyl (C=O) groups is 2. The van der Waals surface area contributed by atoms with Gasteiger partial charge in [-0.3, -0.25) is 4.79 Å². The molecule has 2 rings (SSSR count). The van der Waals surface area contributed by atoms with E-state index in [0.29, 0.717) is 11.7 Å². The summed E-state index contributed by atoms with van der Waals surface area (Å²) in [4.78, 5) is 23.1. The molecule has 6 nitrogen and oxygen atoms in total. The number of hydrogen-bond acceptors (Lipinski definition) is 4. The third-order valence-corrected chi connectivity index (χ3v) is 6.00. The fourth-order valence-electron chi connectivity index (χ4n) is 3.18. The van der Waals surface area contributed by atoms with Gasteiger partial charge in [0.15, 0.2) is 0 Å². The van der Waals surface area contributed by atoms with E-state index in [4.69, 9.17) is 5.73 Å². The third kappa shape index (κ3) is 6.22. The second-order valence-corrected chi connectivity index (χ2v) is 7.96. The molecule has 2 aliphatic rings. The van der Waals surface area contributed by atoms with Crippen molar-refractivity contribution in [2.24, 2.45) is 5.73 Å². The fourth-order valence-corrected chi connectivity index (χ4v) is 4.73. The Kier molecular flexibility index (Phi) is 7.49. The Bertz CT molecular complexity index is 406. The lowest BCUT2D eigenvalue weighted by Gasteiger charge is -2.16. The molecule has 5 N–H and O–H groups in total. The number of nitrogens with two attached hydrogens (primary N) is 1. The Hall–Kier alpha value is -0.950. The van der Waals surface area contributed by atoms with Gasteiger partial charge in [0.05, 0.1) is 12.1 Å². The molecule has 23 heavy (non-hydrogen) atoms. The van der Waals surface area contributed by atoms with Crippen LogP contribution in [0.1, 0.15) is 51.9 Å². The van der Waals surface area contributed by atoms with Gasteiger partial charge in [-0.05, 0) is 32.6 Å². The molecular formula is C16H30N4O2S. The number of rotatable bonds is 10. The molecule has 0 aromatic heterocycles. The summed E-state index contributed by atoms with van der Waals surface area (Å²) in [5.41, 5.74) is 5.69. The second kappa shape index (κ2) is 9.37. The van der Waals surface area contributed by atoms with E-state index in [1.165, 1.54) is 0 Å². The van der Waals surface area contributed by atoms with E-state index < -0.39 is 0 Å². The molecule has 7 heteroatoms. The molecule has 0 saturated carbocycles. The van der Waals surface area contributed by atoms with E-state index in [0.717, 1.165) is 50.8 Å². The Morgan fingerprint density at radius 3 is 2.96 bits per heavy atom. The first-order valence-corrected chi connectivity index (χ1v) is 9.82. The zero-order chi connectivity index (χ0) is 16.7. The molecule has 2 heterocycles. The van der Waals surface area contributed by atoms with E-state index >= 15 is 0 Å². The van der Waals surface area contributed by atoms with Crippen molar-refractivity contribution in [2.75, 3.05) is 12.3 Å². The highest BCUT2D eigenvalue weighted by Gasteiger charge is 2.42. The summed E-state index contributed by atoms with van der Waals surface area (Å²) in [6.07, 6.45) is 6.71. The monoisotopic (exact) mass is 342 g/mol. The van der Waals surface area contributed by atoms with Crippen LogP contribution in [0, 0.1) is 0 Å². The molecule has 0 radical (unpaired) electrons. The standard InChI is InChI=1S/C16H30N4O2S/c1-11(17)6-4-5-9-18-14(21)8-3-2-7-13-15-12(10-23-13)19-16(22)20-15/h11-13,15H,2-10,17H2,1H3,(H,18,21)(H2,19,20,22)/t11?,12-,13?,15-/m0/s1. The Morgan fingerprint density at radius 1 is 1.35 bits per heavy atom. The predicted octanol–water partition coefficient (Wildman–Crippen LogP) is 1.35. The Labute approximate surface area is 143 Å². The minimum absolute atomic E-state index is 0.0336. The third-order valence-electron chi connectivity index (χ3n) is 4.49. The van der Waals surface area contributed by atoms with Crippen molar-refractivity contribution >= 4 is 23.7 Å². The van der Waals surface area contributed by atoms with E-state index in [1.54, 1.807) is 0 Å². The molecule has 3 amide bonds. The van der Waals surface area contributed by atoms with Crippen molar-refractivity contribution in [3.63, 3.8) is 0 Å². The van der Waals surface area contributed by atoms with Gasteiger partial charge in [-0.25, -0.2) is 4.79 Å². The van der Waals surface area contributed by atoms with Crippen LogP contribution in [0.2, 0.25) is 0 Å². The van der Waals surface area contributed by atoms with Gasteiger partial charge in [0.1, 0.15) is 0 Å². The highest BCUT2D eigenvalue weighted by Crippen LogP contribution is 2.33. The summed E-state index contributed by atoms with van der Waals surface area (Å²) in [6, 6.07) is 0.774. The zero-order valence-electron chi connectivity index (χ0n) is 14.0. The molecule has 0 bridgehead atoms. The maximum atomic E-state index is 11.8. The molecule has 4 atom stereocenters. The van der Waals surface area contributed by atoms with Gasteiger partial charge < -0.3 is 21.7 Å². The SMILES string of the molecule is CC(N)CCCCNC(=O)CCCCC1SC[C@@H]2NC(=O)N[C@H]12. The predicted molar refractivity (Wildman–Crippen MR) is 94.5 cm³/mol. The van der Waals surface area contributed by atoms with Crippen molar-refractivity contribution in [1.82, 2.24) is 16.0 Å². The van der Waals surface area contributed by atoms with E-state index in [-0.39, 0.29) is 30.1 Å². The van der Waals surface area contributed by atoms with Crippen molar-refractivity contribution < 1.29 is 9.59 Å². The Morgan fingerprint density at radius 2 is 2.17 bits per heavy atom. The summed E-state index contributed by atoms with van der Waals surface area (Å²) in [6.45, 7) is 2.77. The molecule has 0 aromatic carbocycles. The van der Waals surface area contributed by atoms with Gasteiger partial charge in [-0.1, -0.05) is 12.8 Å². The number of carbonyl (C=O) groups excluding carboxylic acids is 2. The van der Waals surface area contributed by atoms with Crippen LogP contribution in [0.3, 0.4) is 0 Å². The molecule has 2 aliphatic heterocycles. The van der Waals surface area contributed by atoms with Crippen LogP contribution in [0.25, 0.3) is 0 Å². The molecule has 132 valence electrons. The zero-order valence-corrected chi connectivity index (χ0v) is 14.8. The van der Waals surface area contributed by atoms with E-state index in [2.05, 4.69) is 16.0 Å². The first-order valence-electron chi connectivity index (χ1n) is 8.77. The summed E-state index contributed by atoms with van der Waals surface area (Å²) in [5.74, 6) is 1.15. The van der Waals surface area contributed by atoms with Crippen LogP contribution in [-0.2, 0) is 4.79 Å². The smallest absolute Gasteiger partial charge is 0.315 e. The lowest BCUT2D eigenvalue weighted by molar-refractivity contribution is -0.121. The average Bonchev–Trinajstić information content (AvgIpc) is 3.02. The molecule has 2 unspecified atom stereocenters. The maximum Gasteiger partial charge on any atom is 0.315 e. The van der Waals surface area contributed by atoms with Crippen molar-refractivity contribution in [3.05, 3.63) is 0 Å². The largest absolute Gasteiger partial charge is 0.356 e. The molecule has 0 aromatic rings. The summed E-state index contributed by atoms with van der Waals surface area (Å²) < 4.78 is 0.